The molecule has 0 unspecified atom stereocenters. The number of methoxy groups -OCH3 is 1. The van der Waals surface area contributed by atoms with Crippen LogP contribution in [-0.2, 0) is 0 Å². The van der Waals surface area contributed by atoms with Gasteiger partial charge in [-0.25, -0.2) is 9.67 Å². The Balaban J connectivity index is 1.73. The third kappa shape index (κ3) is 4.65. The summed E-state index contributed by atoms with van der Waals surface area (Å²) in [5, 5.41) is 7.33. The van der Waals surface area contributed by atoms with Crippen LogP contribution in [0.2, 0.25) is 0 Å². The molecule has 0 aliphatic rings. The number of rotatable bonds is 7. The minimum Gasteiger partial charge on any atom is -0.495 e. The first-order valence-corrected chi connectivity index (χ1v) is 10.8. The maximum Gasteiger partial charge on any atom is 0.295 e. The van der Waals surface area contributed by atoms with Crippen molar-refractivity contribution in [1.82, 2.24) is 14.8 Å². The lowest BCUT2D eigenvalue weighted by molar-refractivity contribution is 0.101. The highest BCUT2D eigenvalue weighted by Gasteiger charge is 2.20. The molecule has 7 nitrogen and oxygen atoms in total. The van der Waals surface area contributed by atoms with Crippen molar-refractivity contribution in [3.63, 3.8) is 0 Å². The van der Waals surface area contributed by atoms with Crippen molar-refractivity contribution in [2.45, 2.75) is 6.92 Å². The van der Waals surface area contributed by atoms with Crippen molar-refractivity contribution in [3.05, 3.63) is 83.1 Å². The van der Waals surface area contributed by atoms with Gasteiger partial charge in [-0.2, -0.15) is 0 Å². The lowest BCUT2D eigenvalue weighted by Gasteiger charge is -2.08. The molecule has 0 saturated heterocycles. The van der Waals surface area contributed by atoms with Gasteiger partial charge in [0.05, 0.1) is 25.1 Å². The number of nitrogens with zero attached hydrogens (tertiary/aromatic N) is 3. The van der Waals surface area contributed by atoms with Crippen molar-refractivity contribution in [1.29, 1.82) is 0 Å². The molecule has 0 atom stereocenters. The van der Waals surface area contributed by atoms with Crippen LogP contribution in [0.1, 0.15) is 17.5 Å². The van der Waals surface area contributed by atoms with Crippen molar-refractivity contribution < 1.29 is 14.3 Å². The Morgan fingerprint density at radius 2 is 1.75 bits per heavy atom. The van der Waals surface area contributed by atoms with E-state index < -0.39 is 5.91 Å². The molecule has 0 bridgehead atoms. The molecule has 8 heteroatoms. The summed E-state index contributed by atoms with van der Waals surface area (Å²) in [5.41, 5.74) is 2.13. The molecular formula is C24H21BrN4O3. The third-order valence-corrected chi connectivity index (χ3v) is 5.19. The van der Waals surface area contributed by atoms with Crippen LogP contribution in [0, 0.1) is 0 Å². The number of aromatic nitrogens is 3. The van der Waals surface area contributed by atoms with Crippen molar-refractivity contribution in [3.8, 4) is 28.6 Å². The van der Waals surface area contributed by atoms with Crippen LogP contribution in [0.15, 0.2) is 77.3 Å². The molecule has 0 saturated carbocycles. The number of hydrogen-bond donors (Lipinski definition) is 1. The number of nitrogens with one attached hydrogen (secondary N) is 1. The highest BCUT2D eigenvalue weighted by Crippen LogP contribution is 2.26. The Kier molecular flexibility index (Phi) is 6.51. The van der Waals surface area contributed by atoms with Crippen LogP contribution < -0.4 is 14.8 Å². The lowest BCUT2D eigenvalue weighted by Crippen LogP contribution is -2.15. The zero-order valence-corrected chi connectivity index (χ0v) is 19.2. The number of hydrogen-bond acceptors (Lipinski definition) is 5. The number of anilines is 1. The fourth-order valence-corrected chi connectivity index (χ4v) is 3.41. The van der Waals surface area contributed by atoms with Crippen molar-refractivity contribution in [2.24, 2.45) is 0 Å². The third-order valence-electron chi connectivity index (χ3n) is 4.66. The van der Waals surface area contributed by atoms with Gasteiger partial charge in [-0.05, 0) is 55.5 Å². The molecule has 0 aliphatic carbocycles. The minimum absolute atomic E-state index is 0.0442. The second kappa shape index (κ2) is 9.65. The molecule has 0 fully saturated rings. The van der Waals surface area contributed by atoms with E-state index in [0.29, 0.717) is 23.9 Å². The summed E-state index contributed by atoms with van der Waals surface area (Å²) >= 11 is 3.45. The largest absolute Gasteiger partial charge is 0.495 e. The first kappa shape index (κ1) is 21.6. The molecule has 0 aliphatic heterocycles. The molecule has 0 spiro atoms. The highest BCUT2D eigenvalue weighted by molar-refractivity contribution is 9.10. The van der Waals surface area contributed by atoms with E-state index in [1.165, 1.54) is 0 Å². The Hall–Kier alpha value is -3.65. The fraction of sp³-hybridized carbons (Fsp3) is 0.125. The van der Waals surface area contributed by atoms with E-state index in [9.17, 15) is 4.79 Å². The van der Waals surface area contributed by atoms with E-state index in [1.807, 2.05) is 67.6 Å². The second-order valence-corrected chi connectivity index (χ2v) is 7.67. The normalized spacial score (nSPS) is 10.6. The minimum atomic E-state index is -0.433. The van der Waals surface area contributed by atoms with Gasteiger partial charge in [0.25, 0.3) is 5.91 Å². The van der Waals surface area contributed by atoms with Gasteiger partial charge in [-0.3, -0.25) is 4.79 Å². The van der Waals surface area contributed by atoms with Crippen LogP contribution in [0.4, 0.5) is 5.69 Å². The Morgan fingerprint density at radius 3 is 2.44 bits per heavy atom. The second-order valence-electron chi connectivity index (χ2n) is 6.76. The number of carbonyl (C=O) groups is 1. The Labute approximate surface area is 194 Å². The maximum atomic E-state index is 13.0. The smallest absolute Gasteiger partial charge is 0.295 e. The van der Waals surface area contributed by atoms with E-state index in [0.717, 1.165) is 21.5 Å². The van der Waals surface area contributed by atoms with E-state index >= 15 is 0 Å². The summed E-state index contributed by atoms with van der Waals surface area (Å²) < 4.78 is 13.4. The predicted octanol–water partition coefficient (Wildman–Crippen LogP) is 5.36. The number of amides is 1. The molecule has 3 aromatic carbocycles. The molecule has 1 N–H and O–H groups in total. The first-order chi connectivity index (χ1) is 15.6. The molecule has 1 heterocycles. The van der Waals surface area contributed by atoms with E-state index in [2.05, 4.69) is 31.3 Å². The summed E-state index contributed by atoms with van der Waals surface area (Å²) in [6, 6.07) is 22.3. The van der Waals surface area contributed by atoms with Crippen molar-refractivity contribution >= 4 is 27.5 Å². The molecule has 1 aromatic heterocycles. The number of halogens is 1. The monoisotopic (exact) mass is 492 g/mol. The molecule has 1 amide bonds. The summed E-state index contributed by atoms with van der Waals surface area (Å²) in [6.07, 6.45) is 0. The topological polar surface area (TPSA) is 78.3 Å². The van der Waals surface area contributed by atoms with E-state index in [-0.39, 0.29) is 5.82 Å². The Morgan fingerprint density at radius 1 is 1.03 bits per heavy atom. The zero-order valence-electron chi connectivity index (χ0n) is 17.6. The van der Waals surface area contributed by atoms with Crippen LogP contribution in [0.25, 0.3) is 17.1 Å². The van der Waals surface area contributed by atoms with Crippen molar-refractivity contribution in [2.75, 3.05) is 19.0 Å². The number of ether oxygens (including phenoxy) is 2. The first-order valence-electron chi connectivity index (χ1n) is 9.99. The predicted molar refractivity (Wildman–Crippen MR) is 127 cm³/mol. The summed E-state index contributed by atoms with van der Waals surface area (Å²) in [5.74, 6) is 1.47. The molecular weight excluding hydrogens is 472 g/mol. The van der Waals surface area contributed by atoms with Crippen LogP contribution in [0.3, 0.4) is 0 Å². The lowest BCUT2D eigenvalue weighted by atomic mass is 10.2. The standard InChI is InChI=1S/C24H21BrN4O3/c1-3-32-19-14-12-18(13-15-19)29-23(16-8-10-17(25)11-9-16)27-22(28-29)24(30)26-20-6-4-5-7-21(20)31-2/h4-15H,3H2,1-2H3,(H,26,30). The highest BCUT2D eigenvalue weighted by atomic mass is 79.9. The van der Waals surface area contributed by atoms with Gasteiger partial charge in [0.15, 0.2) is 5.82 Å². The average molecular weight is 493 g/mol. The van der Waals surface area contributed by atoms with Gasteiger partial charge < -0.3 is 14.8 Å². The summed E-state index contributed by atoms with van der Waals surface area (Å²) in [7, 11) is 1.55. The number of carbonyl (C=O) groups excluding carboxylic acids is 1. The summed E-state index contributed by atoms with van der Waals surface area (Å²) in [4.78, 5) is 17.5. The van der Waals surface area contributed by atoms with Crippen LogP contribution in [-0.4, -0.2) is 34.4 Å². The van der Waals surface area contributed by atoms with Gasteiger partial charge >= 0.3 is 0 Å². The SMILES string of the molecule is CCOc1ccc(-n2nc(C(=O)Nc3ccccc3OC)nc2-c2ccc(Br)cc2)cc1. The molecule has 0 radical (unpaired) electrons. The molecule has 162 valence electrons. The number of para-hydroxylation sites is 2. The summed E-state index contributed by atoms with van der Waals surface area (Å²) in [6.45, 7) is 2.52. The maximum absolute atomic E-state index is 13.0. The van der Waals surface area contributed by atoms with E-state index in [4.69, 9.17) is 9.47 Å². The van der Waals surface area contributed by atoms with E-state index in [1.54, 1.807) is 23.9 Å². The molecule has 4 rings (SSSR count). The van der Waals surface area contributed by atoms with Gasteiger partial charge in [-0.15, -0.1) is 5.10 Å². The average Bonchev–Trinajstić information content (AvgIpc) is 3.26. The van der Waals surface area contributed by atoms with Crippen LogP contribution >= 0.6 is 15.9 Å². The molecule has 32 heavy (non-hydrogen) atoms. The van der Waals surface area contributed by atoms with Gasteiger partial charge in [0, 0.05) is 10.0 Å². The molecule has 4 aromatic rings. The van der Waals surface area contributed by atoms with Crippen LogP contribution in [0.5, 0.6) is 11.5 Å². The fourth-order valence-electron chi connectivity index (χ4n) is 3.15. The number of benzene rings is 3. The zero-order chi connectivity index (χ0) is 22.5. The van der Waals surface area contributed by atoms with Gasteiger partial charge in [-0.1, -0.05) is 40.2 Å². The quantitative estimate of drug-likeness (QED) is 0.375. The van der Waals surface area contributed by atoms with Gasteiger partial charge in [0.2, 0.25) is 5.82 Å². The van der Waals surface area contributed by atoms with Gasteiger partial charge in [0.1, 0.15) is 11.5 Å². The Bertz CT molecular complexity index is 1220.